The van der Waals surface area contributed by atoms with Crippen LogP contribution < -0.4 is 15.8 Å². The van der Waals surface area contributed by atoms with Crippen molar-refractivity contribution in [3.63, 3.8) is 0 Å². The van der Waals surface area contributed by atoms with Gasteiger partial charge in [-0.1, -0.05) is 25.3 Å². The van der Waals surface area contributed by atoms with Gasteiger partial charge in [-0.25, -0.2) is 4.98 Å². The summed E-state index contributed by atoms with van der Waals surface area (Å²) in [6, 6.07) is 12.3. The third kappa shape index (κ3) is 5.45. The molecule has 1 aliphatic carbocycles. The largest absolute Gasteiger partial charge is 0.497 e. The predicted molar refractivity (Wildman–Crippen MR) is 133 cm³/mol. The van der Waals surface area contributed by atoms with Crippen molar-refractivity contribution in [2.75, 3.05) is 19.5 Å². The number of benzene rings is 2. The molecule has 1 fully saturated rings. The summed E-state index contributed by atoms with van der Waals surface area (Å²) in [7, 11) is 3.39. The van der Waals surface area contributed by atoms with Gasteiger partial charge in [-0.3, -0.25) is 19.7 Å². The lowest BCUT2D eigenvalue weighted by Crippen LogP contribution is -2.38. The zero-order valence-corrected chi connectivity index (χ0v) is 20.1. The maximum absolute atomic E-state index is 13.2. The highest BCUT2D eigenvalue weighted by Gasteiger charge is 2.24. The quantitative estimate of drug-likeness (QED) is 0.514. The van der Waals surface area contributed by atoms with E-state index in [-0.39, 0.29) is 36.8 Å². The van der Waals surface area contributed by atoms with Crippen LogP contribution in [0.2, 0.25) is 0 Å². The number of nitrogens with zero attached hydrogens (tertiary/aromatic N) is 3. The lowest BCUT2D eigenvalue weighted by atomic mass is 9.94. The number of anilines is 1. The molecule has 9 nitrogen and oxygen atoms in total. The van der Waals surface area contributed by atoms with Crippen molar-refractivity contribution in [1.29, 1.82) is 0 Å². The molecule has 184 valence electrons. The predicted octanol–water partition coefficient (Wildman–Crippen LogP) is 3.58. The first-order valence-electron chi connectivity index (χ1n) is 11.9. The maximum Gasteiger partial charge on any atom is 0.258 e. The fourth-order valence-corrected chi connectivity index (χ4v) is 4.58. The normalized spacial score (nSPS) is 14.0. The number of hydrogen-bond acceptors (Lipinski definition) is 5. The number of ether oxygens (including phenoxy) is 1. The number of carbonyl (C=O) groups excluding carboxylic acids is 3. The van der Waals surface area contributed by atoms with Crippen LogP contribution in [-0.2, 0) is 11.3 Å². The molecule has 0 saturated heterocycles. The molecule has 4 rings (SSSR count). The number of aromatic nitrogens is 2. The number of rotatable bonds is 8. The Labute approximate surface area is 204 Å². The number of carbonyl (C=O) groups is 3. The van der Waals surface area contributed by atoms with E-state index in [9.17, 15) is 14.4 Å². The summed E-state index contributed by atoms with van der Waals surface area (Å²) >= 11 is 0. The number of aryl methyl sites for hydroxylation is 1. The fourth-order valence-electron chi connectivity index (χ4n) is 4.58. The molecular weight excluding hydrogens is 446 g/mol. The smallest absolute Gasteiger partial charge is 0.258 e. The van der Waals surface area contributed by atoms with E-state index in [4.69, 9.17) is 10.5 Å². The molecule has 1 heterocycles. The van der Waals surface area contributed by atoms with Crippen LogP contribution in [-0.4, -0.2) is 52.4 Å². The summed E-state index contributed by atoms with van der Waals surface area (Å²) in [6.45, 7) is 0.245. The highest BCUT2D eigenvalue weighted by molar-refractivity contribution is 6.04. The van der Waals surface area contributed by atoms with Gasteiger partial charge < -0.3 is 19.9 Å². The second-order valence-electron chi connectivity index (χ2n) is 8.90. The number of fused-ring (bicyclic) bond motifs is 1. The number of amides is 3. The van der Waals surface area contributed by atoms with Crippen molar-refractivity contribution in [3.05, 3.63) is 53.6 Å². The van der Waals surface area contributed by atoms with Crippen LogP contribution in [0.5, 0.6) is 5.75 Å². The lowest BCUT2D eigenvalue weighted by molar-refractivity contribution is -0.118. The van der Waals surface area contributed by atoms with Gasteiger partial charge in [0.15, 0.2) is 0 Å². The Morgan fingerprint density at radius 3 is 2.60 bits per heavy atom. The van der Waals surface area contributed by atoms with Crippen LogP contribution in [0.1, 0.15) is 59.2 Å². The number of nitrogens with one attached hydrogen (secondary N) is 1. The first-order chi connectivity index (χ1) is 16.9. The monoisotopic (exact) mass is 477 g/mol. The van der Waals surface area contributed by atoms with Crippen molar-refractivity contribution in [2.24, 2.45) is 5.73 Å². The summed E-state index contributed by atoms with van der Waals surface area (Å²) in [5, 5.41) is 2.82. The molecule has 3 aromatic rings. The van der Waals surface area contributed by atoms with E-state index in [2.05, 4.69) is 10.3 Å². The minimum atomic E-state index is -0.460. The van der Waals surface area contributed by atoms with E-state index in [1.165, 1.54) is 13.5 Å². The average molecular weight is 478 g/mol. The maximum atomic E-state index is 13.2. The van der Waals surface area contributed by atoms with Gasteiger partial charge in [0.1, 0.15) is 5.75 Å². The van der Waals surface area contributed by atoms with E-state index in [0.29, 0.717) is 27.9 Å². The van der Waals surface area contributed by atoms with Crippen LogP contribution in [0, 0.1) is 0 Å². The first kappa shape index (κ1) is 24.3. The van der Waals surface area contributed by atoms with Gasteiger partial charge in [-0.2, -0.15) is 0 Å². The van der Waals surface area contributed by atoms with Crippen molar-refractivity contribution in [3.8, 4) is 5.75 Å². The van der Waals surface area contributed by atoms with E-state index in [0.717, 1.165) is 25.7 Å². The van der Waals surface area contributed by atoms with Gasteiger partial charge in [0.2, 0.25) is 11.9 Å². The van der Waals surface area contributed by atoms with Crippen LogP contribution in [0.15, 0.2) is 42.5 Å². The standard InChI is InChI=1S/C26H31N5O4/c1-30(19-8-4-3-5-9-19)25(34)18-11-12-22-21(16-18)28-26(31(22)14-13-23(27)32)29-24(33)17-7-6-10-20(15-17)35-2/h6-7,10-12,15-16,19H,3-5,8-9,13-14H2,1-2H3,(H2,27,32)(H,28,29,33). The molecule has 0 spiro atoms. The number of nitrogens with two attached hydrogens (primary N) is 1. The van der Waals surface area contributed by atoms with Crippen molar-refractivity contribution in [2.45, 2.75) is 51.1 Å². The average Bonchev–Trinajstić information content (AvgIpc) is 3.22. The first-order valence-corrected chi connectivity index (χ1v) is 11.9. The molecule has 1 aliphatic rings. The van der Waals surface area contributed by atoms with Gasteiger partial charge in [0.25, 0.3) is 11.8 Å². The molecular formula is C26H31N5O4. The van der Waals surface area contributed by atoms with E-state index >= 15 is 0 Å². The molecule has 0 aliphatic heterocycles. The molecule has 0 radical (unpaired) electrons. The van der Waals surface area contributed by atoms with Crippen molar-refractivity contribution in [1.82, 2.24) is 14.5 Å². The fraction of sp³-hybridized carbons (Fsp3) is 0.385. The second-order valence-corrected chi connectivity index (χ2v) is 8.90. The van der Waals surface area contributed by atoms with Gasteiger partial charge in [0.05, 0.1) is 18.1 Å². The second kappa shape index (κ2) is 10.6. The molecule has 35 heavy (non-hydrogen) atoms. The Bertz CT molecular complexity index is 1250. The molecule has 3 N–H and O–H groups in total. The Hall–Kier alpha value is -3.88. The summed E-state index contributed by atoms with van der Waals surface area (Å²) in [6.07, 6.45) is 5.62. The summed E-state index contributed by atoms with van der Waals surface area (Å²) in [4.78, 5) is 44.0. The number of imidazole rings is 1. The van der Waals surface area contributed by atoms with Crippen molar-refractivity contribution >= 4 is 34.7 Å². The van der Waals surface area contributed by atoms with E-state index < -0.39 is 5.91 Å². The molecule has 1 aromatic heterocycles. The van der Waals surface area contributed by atoms with E-state index in [1.54, 1.807) is 47.0 Å². The third-order valence-electron chi connectivity index (χ3n) is 6.58. The highest BCUT2D eigenvalue weighted by Crippen LogP contribution is 2.26. The lowest BCUT2D eigenvalue weighted by Gasteiger charge is -2.31. The zero-order valence-electron chi connectivity index (χ0n) is 20.1. The Kier molecular flexibility index (Phi) is 7.33. The Morgan fingerprint density at radius 2 is 1.89 bits per heavy atom. The van der Waals surface area contributed by atoms with Crippen LogP contribution in [0.3, 0.4) is 0 Å². The minimum absolute atomic E-state index is 0.0487. The molecule has 2 aromatic carbocycles. The number of methoxy groups -OCH3 is 1. The van der Waals surface area contributed by atoms with Crippen molar-refractivity contribution < 1.29 is 19.1 Å². The molecule has 1 saturated carbocycles. The molecule has 0 atom stereocenters. The van der Waals surface area contributed by atoms with E-state index in [1.807, 2.05) is 11.9 Å². The van der Waals surface area contributed by atoms with Crippen LogP contribution in [0.25, 0.3) is 11.0 Å². The van der Waals surface area contributed by atoms with Gasteiger partial charge in [-0.05, 0) is 49.2 Å². The number of hydrogen-bond donors (Lipinski definition) is 2. The molecule has 9 heteroatoms. The molecule has 3 amide bonds. The van der Waals surface area contributed by atoms with Gasteiger partial charge in [-0.15, -0.1) is 0 Å². The van der Waals surface area contributed by atoms with Gasteiger partial charge >= 0.3 is 0 Å². The topological polar surface area (TPSA) is 120 Å². The summed E-state index contributed by atoms with van der Waals surface area (Å²) in [5.74, 6) is -0.0393. The highest BCUT2D eigenvalue weighted by atomic mass is 16.5. The summed E-state index contributed by atoms with van der Waals surface area (Å²) < 4.78 is 6.94. The third-order valence-corrected chi connectivity index (χ3v) is 6.58. The van der Waals surface area contributed by atoms with Gasteiger partial charge in [0, 0.05) is 37.2 Å². The zero-order chi connectivity index (χ0) is 24.9. The van der Waals surface area contributed by atoms with Crippen LogP contribution in [0.4, 0.5) is 5.95 Å². The summed E-state index contributed by atoms with van der Waals surface area (Å²) in [5.41, 5.74) is 7.57. The van der Waals surface area contributed by atoms with Crippen LogP contribution >= 0.6 is 0 Å². The number of primary amides is 1. The molecule has 0 bridgehead atoms. The molecule has 0 unspecified atom stereocenters. The minimum Gasteiger partial charge on any atom is -0.497 e. The Balaban J connectivity index is 1.64. The SMILES string of the molecule is COc1cccc(C(=O)Nc2nc3cc(C(=O)N(C)C4CCCCC4)ccc3n2CCC(N)=O)c1. The Morgan fingerprint density at radius 1 is 1.11 bits per heavy atom.